The van der Waals surface area contributed by atoms with Gasteiger partial charge >= 0.3 is 12.1 Å². The van der Waals surface area contributed by atoms with Crippen molar-refractivity contribution in [2.75, 3.05) is 7.11 Å². The molecule has 0 heterocycles. The number of nitrogens with one attached hydrogen (secondary N) is 1. The number of hydrogen-bond donors (Lipinski definition) is 2. The molecule has 5 nitrogen and oxygen atoms in total. The Morgan fingerprint density at radius 3 is 2.57 bits per heavy atom. The smallest absolute Gasteiger partial charge is 0.408 e. The highest BCUT2D eigenvalue weighted by atomic mass is 16.5. The summed E-state index contributed by atoms with van der Waals surface area (Å²) in [5.41, 5.74) is -0.837. The van der Waals surface area contributed by atoms with E-state index in [1.807, 2.05) is 0 Å². The molecule has 1 rings (SSSR count). The van der Waals surface area contributed by atoms with E-state index in [1.165, 1.54) is 7.11 Å². The van der Waals surface area contributed by atoms with Crippen LogP contribution in [0.4, 0.5) is 4.79 Å². The number of carboxylic acids is 1. The van der Waals surface area contributed by atoms with Crippen LogP contribution in [-0.4, -0.2) is 29.8 Å². The molecule has 0 aromatic heterocycles. The van der Waals surface area contributed by atoms with Gasteiger partial charge in [-0.2, -0.15) is 0 Å². The zero-order chi connectivity index (χ0) is 10.8. The molecule has 0 spiro atoms. The molecule has 14 heavy (non-hydrogen) atoms. The maximum atomic E-state index is 10.9. The first kappa shape index (κ1) is 10.4. The molecule has 0 aromatic rings. The summed E-state index contributed by atoms with van der Waals surface area (Å²) in [5, 5.41) is 11.1. The Hall–Kier alpha value is -1.70. The molecule has 0 aromatic carbocycles. The standard InChI is InChI=1S/C9H11NO4/c1-3-9(10-8(13)14-2)4-6(5-9)7(11)12/h1,6H,4-5H2,2H3,(H,10,13)(H,11,12)/t6-,9+. The predicted molar refractivity (Wildman–Crippen MR) is 47.5 cm³/mol. The van der Waals surface area contributed by atoms with Crippen LogP contribution in [0.2, 0.25) is 0 Å². The minimum absolute atomic E-state index is 0.258. The maximum absolute atomic E-state index is 10.9. The van der Waals surface area contributed by atoms with E-state index < -0.39 is 23.5 Å². The van der Waals surface area contributed by atoms with Gasteiger partial charge in [-0.1, -0.05) is 5.92 Å². The topological polar surface area (TPSA) is 75.6 Å². The van der Waals surface area contributed by atoms with Crippen molar-refractivity contribution < 1.29 is 19.4 Å². The van der Waals surface area contributed by atoms with Gasteiger partial charge in [-0.3, -0.25) is 4.79 Å². The number of carbonyl (C=O) groups excluding carboxylic acids is 1. The van der Waals surface area contributed by atoms with Crippen LogP contribution < -0.4 is 5.32 Å². The number of alkyl carbamates (subject to hydrolysis) is 1. The van der Waals surface area contributed by atoms with Gasteiger partial charge in [0.15, 0.2) is 0 Å². The van der Waals surface area contributed by atoms with E-state index in [0.29, 0.717) is 0 Å². The molecule has 2 N–H and O–H groups in total. The van der Waals surface area contributed by atoms with Gasteiger partial charge in [0.25, 0.3) is 0 Å². The van der Waals surface area contributed by atoms with E-state index in [0.717, 1.165) is 0 Å². The van der Waals surface area contributed by atoms with Crippen LogP contribution in [-0.2, 0) is 9.53 Å². The van der Waals surface area contributed by atoms with Gasteiger partial charge < -0.3 is 15.2 Å². The van der Waals surface area contributed by atoms with Gasteiger partial charge in [0, 0.05) is 0 Å². The summed E-state index contributed by atoms with van der Waals surface area (Å²) in [4.78, 5) is 21.4. The predicted octanol–water partition coefficient (Wildman–Crippen LogP) is 0.209. The summed E-state index contributed by atoms with van der Waals surface area (Å²) in [6.45, 7) is 0. The first-order valence-electron chi connectivity index (χ1n) is 4.10. The van der Waals surface area contributed by atoms with Crippen LogP contribution in [0.25, 0.3) is 0 Å². The summed E-state index contributed by atoms with van der Waals surface area (Å²) >= 11 is 0. The molecule has 0 unspecified atom stereocenters. The van der Waals surface area contributed by atoms with Gasteiger partial charge in [0.05, 0.1) is 13.0 Å². The summed E-state index contributed by atoms with van der Waals surface area (Å²) in [5.74, 6) is 1.03. The van der Waals surface area contributed by atoms with Crippen LogP contribution in [0, 0.1) is 18.3 Å². The zero-order valence-corrected chi connectivity index (χ0v) is 7.74. The van der Waals surface area contributed by atoms with Crippen molar-refractivity contribution in [2.45, 2.75) is 18.4 Å². The number of carbonyl (C=O) groups is 2. The Morgan fingerprint density at radius 1 is 1.64 bits per heavy atom. The van der Waals surface area contributed by atoms with E-state index in [1.54, 1.807) is 0 Å². The number of ether oxygens (including phenoxy) is 1. The molecule has 0 atom stereocenters. The second kappa shape index (κ2) is 3.58. The van der Waals surface area contributed by atoms with Crippen molar-refractivity contribution in [3.63, 3.8) is 0 Å². The molecule has 1 saturated carbocycles. The van der Waals surface area contributed by atoms with Gasteiger partial charge in [-0.15, -0.1) is 6.42 Å². The Labute approximate surface area is 81.4 Å². The van der Waals surface area contributed by atoms with E-state index in [2.05, 4.69) is 16.0 Å². The number of rotatable bonds is 2. The van der Waals surface area contributed by atoms with Gasteiger partial charge in [0.2, 0.25) is 0 Å². The Kier molecular flexibility index (Phi) is 2.65. The SMILES string of the molecule is C#C[C@]1(NC(=O)OC)C[C@@H](C(=O)O)C1. The molecule has 0 bridgehead atoms. The summed E-state index contributed by atoms with van der Waals surface area (Å²) < 4.78 is 4.39. The third-order valence-corrected chi connectivity index (χ3v) is 2.34. The minimum atomic E-state index is -0.887. The number of methoxy groups -OCH3 is 1. The van der Waals surface area contributed by atoms with Gasteiger partial charge in [-0.05, 0) is 12.8 Å². The highest BCUT2D eigenvalue weighted by Crippen LogP contribution is 2.37. The monoisotopic (exact) mass is 197 g/mol. The number of terminal acetylenes is 1. The van der Waals surface area contributed by atoms with Crippen molar-refractivity contribution in [1.29, 1.82) is 0 Å². The van der Waals surface area contributed by atoms with E-state index >= 15 is 0 Å². The average Bonchev–Trinajstić information content (AvgIpc) is 2.09. The van der Waals surface area contributed by atoms with E-state index in [-0.39, 0.29) is 12.8 Å². The molecule has 1 aliphatic carbocycles. The van der Waals surface area contributed by atoms with Crippen molar-refractivity contribution >= 4 is 12.1 Å². The lowest BCUT2D eigenvalue weighted by Gasteiger charge is -2.41. The molecule has 1 aliphatic rings. The Morgan fingerprint density at radius 2 is 2.21 bits per heavy atom. The molecule has 76 valence electrons. The normalized spacial score (nSPS) is 29.6. The lowest BCUT2D eigenvalue weighted by Crippen LogP contribution is -2.58. The van der Waals surface area contributed by atoms with Crippen LogP contribution in [0.1, 0.15) is 12.8 Å². The first-order chi connectivity index (χ1) is 6.53. The van der Waals surface area contributed by atoms with E-state index in [9.17, 15) is 9.59 Å². The second-order valence-electron chi connectivity index (χ2n) is 3.29. The Balaban J connectivity index is 2.54. The largest absolute Gasteiger partial charge is 0.481 e. The lowest BCUT2D eigenvalue weighted by atomic mass is 9.69. The third-order valence-electron chi connectivity index (χ3n) is 2.34. The van der Waals surface area contributed by atoms with Crippen molar-refractivity contribution in [1.82, 2.24) is 5.32 Å². The second-order valence-corrected chi connectivity index (χ2v) is 3.29. The molecular formula is C9H11NO4. The third kappa shape index (κ3) is 1.79. The van der Waals surface area contributed by atoms with Crippen LogP contribution in [0.3, 0.4) is 0 Å². The molecule has 5 heteroatoms. The molecule has 1 amide bonds. The fraction of sp³-hybridized carbons (Fsp3) is 0.556. The Bertz CT molecular complexity index is 298. The van der Waals surface area contributed by atoms with Crippen LogP contribution in [0.15, 0.2) is 0 Å². The highest BCUT2D eigenvalue weighted by molar-refractivity contribution is 5.74. The first-order valence-corrected chi connectivity index (χ1v) is 4.10. The fourth-order valence-corrected chi connectivity index (χ4v) is 1.46. The van der Waals surface area contributed by atoms with E-state index in [4.69, 9.17) is 11.5 Å². The maximum Gasteiger partial charge on any atom is 0.408 e. The quantitative estimate of drug-likeness (QED) is 0.620. The number of amides is 1. The molecular weight excluding hydrogens is 186 g/mol. The number of hydrogen-bond acceptors (Lipinski definition) is 3. The lowest BCUT2D eigenvalue weighted by molar-refractivity contribution is -0.146. The molecule has 1 fully saturated rings. The van der Waals surface area contributed by atoms with Crippen LogP contribution in [0.5, 0.6) is 0 Å². The van der Waals surface area contributed by atoms with Crippen molar-refractivity contribution in [2.24, 2.45) is 5.92 Å². The van der Waals surface area contributed by atoms with Gasteiger partial charge in [0.1, 0.15) is 5.54 Å². The summed E-state index contributed by atoms with van der Waals surface area (Å²) in [6, 6.07) is 0. The summed E-state index contributed by atoms with van der Waals surface area (Å²) in [6.07, 6.45) is 5.10. The molecule has 0 saturated heterocycles. The van der Waals surface area contributed by atoms with Crippen molar-refractivity contribution in [3.8, 4) is 12.3 Å². The van der Waals surface area contributed by atoms with Crippen LogP contribution >= 0.6 is 0 Å². The molecule has 0 radical (unpaired) electrons. The minimum Gasteiger partial charge on any atom is -0.481 e. The van der Waals surface area contributed by atoms with Crippen molar-refractivity contribution in [3.05, 3.63) is 0 Å². The fourth-order valence-electron chi connectivity index (χ4n) is 1.46. The van der Waals surface area contributed by atoms with Gasteiger partial charge in [-0.25, -0.2) is 4.79 Å². The zero-order valence-electron chi connectivity index (χ0n) is 7.74. The summed E-state index contributed by atoms with van der Waals surface area (Å²) in [7, 11) is 1.23. The highest BCUT2D eigenvalue weighted by Gasteiger charge is 2.47. The molecule has 0 aliphatic heterocycles. The number of carboxylic acid groups (broad SMARTS) is 1. The number of aliphatic carboxylic acids is 1. The average molecular weight is 197 g/mol.